The summed E-state index contributed by atoms with van der Waals surface area (Å²) in [5, 5.41) is 12.5. The van der Waals surface area contributed by atoms with E-state index in [1.807, 2.05) is 36.4 Å². The van der Waals surface area contributed by atoms with Crippen LogP contribution >= 0.6 is 11.6 Å². The summed E-state index contributed by atoms with van der Waals surface area (Å²) in [4.78, 5) is 88.4. The highest BCUT2D eigenvalue weighted by Crippen LogP contribution is 2.20. The Morgan fingerprint density at radius 1 is 0.597 bits per heavy atom. The Hall–Kier alpha value is -7.00. The molecule has 1 heterocycles. The van der Waals surface area contributed by atoms with Gasteiger partial charge in [-0.3, -0.25) is 33.8 Å². The molecule has 0 saturated heterocycles. The first kappa shape index (κ1) is 46.1. The number of amides is 5. The lowest BCUT2D eigenvalue weighted by Crippen LogP contribution is -2.59. The lowest BCUT2D eigenvalue weighted by molar-refractivity contribution is -0.134. The summed E-state index contributed by atoms with van der Waals surface area (Å²) in [5.74, 6) is -3.54. The Morgan fingerprint density at radius 2 is 1.16 bits per heavy atom. The summed E-state index contributed by atoms with van der Waals surface area (Å²) in [6.07, 6.45) is 2.58. The first-order chi connectivity index (χ1) is 29.9. The van der Waals surface area contributed by atoms with E-state index < -0.39 is 53.7 Å². The number of nitrogens with zero attached hydrogens (tertiary/aromatic N) is 1. The lowest BCUT2D eigenvalue weighted by atomic mass is 10.0. The molecule has 5 rings (SSSR count). The Labute approximate surface area is 364 Å². The minimum Gasteiger partial charge on any atom is -0.370 e. The Balaban J connectivity index is 1.34. The predicted octanol–water partition coefficient (Wildman–Crippen LogP) is 3.38. The van der Waals surface area contributed by atoms with E-state index in [1.54, 1.807) is 79.0 Å². The molecule has 5 amide bonds. The number of H-pyrrole nitrogens is 1. The van der Waals surface area contributed by atoms with E-state index in [4.69, 9.17) is 28.8 Å². The summed E-state index contributed by atoms with van der Waals surface area (Å²) >= 11 is 6.12. The number of guanidine groups is 1. The van der Waals surface area contributed by atoms with Crippen molar-refractivity contribution in [2.75, 3.05) is 6.54 Å². The lowest BCUT2D eigenvalue weighted by Gasteiger charge is -2.26. The number of aliphatic imine (C=N–C) groups is 1. The molecule has 0 spiro atoms. The minimum atomic E-state index is -1.23. The molecule has 0 fully saturated rings. The van der Waals surface area contributed by atoms with E-state index in [-0.39, 0.29) is 69.7 Å². The highest BCUT2D eigenvalue weighted by atomic mass is 35.5. The topological polar surface area (TPSA) is 257 Å². The van der Waals surface area contributed by atoms with Gasteiger partial charge in [0.2, 0.25) is 29.5 Å². The van der Waals surface area contributed by atoms with Crippen LogP contribution in [0.2, 0.25) is 5.02 Å². The van der Waals surface area contributed by atoms with Gasteiger partial charge in [-0.15, -0.1) is 0 Å². The second-order valence-electron chi connectivity index (χ2n) is 14.9. The van der Waals surface area contributed by atoms with Crippen LogP contribution in [-0.2, 0) is 43.2 Å². The second-order valence-corrected chi connectivity index (χ2v) is 15.3. The number of carbonyl (C=O) groups excluding carboxylic acids is 6. The monoisotopic (exact) mass is 861 g/mol. The van der Waals surface area contributed by atoms with Gasteiger partial charge < -0.3 is 43.5 Å². The molecule has 15 nitrogen and oxygen atoms in total. The fraction of sp³-hybridized carbons (Fsp3) is 0.283. The summed E-state index contributed by atoms with van der Waals surface area (Å²) in [6, 6.07) is 27.3. The summed E-state index contributed by atoms with van der Waals surface area (Å²) < 4.78 is 0. The molecule has 0 saturated carbocycles. The Kier molecular flexibility index (Phi) is 17.2. The maximum atomic E-state index is 14.3. The maximum absolute atomic E-state index is 14.3. The first-order valence-corrected chi connectivity index (χ1v) is 20.7. The molecule has 0 aliphatic carbocycles. The molecule has 324 valence electrons. The van der Waals surface area contributed by atoms with Crippen molar-refractivity contribution in [3.8, 4) is 0 Å². The van der Waals surface area contributed by atoms with Gasteiger partial charge in [0.1, 0.15) is 24.2 Å². The van der Waals surface area contributed by atoms with Crippen LogP contribution in [0.15, 0.2) is 120 Å². The third-order valence-electron chi connectivity index (χ3n) is 10.2. The van der Waals surface area contributed by atoms with Crippen molar-refractivity contribution in [2.45, 2.75) is 75.5 Å². The summed E-state index contributed by atoms with van der Waals surface area (Å²) in [7, 11) is 0. The zero-order valence-corrected chi connectivity index (χ0v) is 34.9. The van der Waals surface area contributed by atoms with Crippen molar-refractivity contribution in [2.24, 2.45) is 22.2 Å². The fourth-order valence-corrected chi connectivity index (χ4v) is 7.03. The zero-order valence-electron chi connectivity index (χ0n) is 34.1. The van der Waals surface area contributed by atoms with Gasteiger partial charge in [0.05, 0.1) is 0 Å². The molecular formula is C46H52ClN9O6. The number of nitrogens with two attached hydrogens (primary N) is 3. The van der Waals surface area contributed by atoms with Crippen LogP contribution in [0.4, 0.5) is 0 Å². The van der Waals surface area contributed by atoms with E-state index in [2.05, 4.69) is 31.2 Å². The number of fused-ring (bicyclic) bond motifs is 1. The van der Waals surface area contributed by atoms with Crippen LogP contribution in [0.3, 0.4) is 0 Å². The molecule has 0 radical (unpaired) electrons. The molecule has 0 aliphatic rings. The summed E-state index contributed by atoms with van der Waals surface area (Å²) in [6.45, 7) is 0.146. The first-order valence-electron chi connectivity index (χ1n) is 20.3. The molecule has 0 bridgehead atoms. The van der Waals surface area contributed by atoms with Gasteiger partial charge in [0.25, 0.3) is 0 Å². The van der Waals surface area contributed by atoms with Gasteiger partial charge in [-0.2, -0.15) is 0 Å². The van der Waals surface area contributed by atoms with Gasteiger partial charge in [0, 0.05) is 66.3 Å². The number of carbonyl (C=O) groups is 6. The highest BCUT2D eigenvalue weighted by Gasteiger charge is 2.32. The summed E-state index contributed by atoms with van der Waals surface area (Å²) in [5.41, 5.74) is 20.4. The largest absolute Gasteiger partial charge is 0.370 e. The van der Waals surface area contributed by atoms with Gasteiger partial charge >= 0.3 is 0 Å². The van der Waals surface area contributed by atoms with E-state index in [9.17, 15) is 28.8 Å². The number of para-hydroxylation sites is 1. The molecule has 62 heavy (non-hydrogen) atoms. The van der Waals surface area contributed by atoms with Crippen LogP contribution in [-0.4, -0.2) is 77.0 Å². The number of ketones is 1. The van der Waals surface area contributed by atoms with Crippen molar-refractivity contribution in [3.05, 3.63) is 143 Å². The van der Waals surface area contributed by atoms with Gasteiger partial charge in [-0.05, 0) is 54.2 Å². The van der Waals surface area contributed by atoms with Crippen molar-refractivity contribution in [3.63, 3.8) is 0 Å². The number of rotatable bonds is 23. The van der Waals surface area contributed by atoms with Crippen LogP contribution in [0.5, 0.6) is 0 Å². The van der Waals surface area contributed by atoms with Crippen molar-refractivity contribution < 1.29 is 28.8 Å². The van der Waals surface area contributed by atoms with Crippen LogP contribution < -0.4 is 38.5 Å². The van der Waals surface area contributed by atoms with E-state index in [0.29, 0.717) is 21.7 Å². The maximum Gasteiger partial charge on any atom is 0.243 e. The number of halogens is 1. The van der Waals surface area contributed by atoms with Gasteiger partial charge in [-0.1, -0.05) is 103 Å². The van der Waals surface area contributed by atoms with E-state index in [0.717, 1.165) is 16.5 Å². The fourth-order valence-electron chi connectivity index (χ4n) is 6.90. The predicted molar refractivity (Wildman–Crippen MR) is 239 cm³/mol. The number of hydrogen-bond acceptors (Lipinski definition) is 7. The van der Waals surface area contributed by atoms with Crippen molar-refractivity contribution in [1.82, 2.24) is 26.3 Å². The van der Waals surface area contributed by atoms with Crippen LogP contribution in [0.25, 0.3) is 10.9 Å². The third kappa shape index (κ3) is 14.3. The quantitative estimate of drug-likeness (QED) is 0.0209. The Morgan fingerprint density at radius 3 is 1.82 bits per heavy atom. The molecule has 0 aliphatic heterocycles. The smallest absolute Gasteiger partial charge is 0.243 e. The molecule has 16 heteroatoms. The van der Waals surface area contributed by atoms with Crippen molar-refractivity contribution >= 4 is 63.8 Å². The van der Waals surface area contributed by atoms with Gasteiger partial charge in [-0.25, -0.2) is 0 Å². The molecule has 0 unspecified atom stereocenters. The number of aromatic amines is 1. The highest BCUT2D eigenvalue weighted by molar-refractivity contribution is 6.30. The van der Waals surface area contributed by atoms with Crippen molar-refractivity contribution in [1.29, 1.82) is 0 Å². The number of nitrogens with one attached hydrogen (secondary N) is 5. The molecule has 1 aromatic heterocycles. The number of aromatic nitrogens is 1. The third-order valence-corrected chi connectivity index (χ3v) is 10.4. The average molecular weight is 862 g/mol. The minimum absolute atomic E-state index is 0.0223. The number of benzene rings is 4. The number of primary amides is 1. The Bertz CT molecular complexity index is 2330. The molecular weight excluding hydrogens is 810 g/mol. The second kappa shape index (κ2) is 23.1. The average Bonchev–Trinajstić information content (AvgIpc) is 3.67. The molecule has 4 aromatic carbocycles. The van der Waals surface area contributed by atoms with E-state index in [1.165, 1.54) is 0 Å². The molecule has 11 N–H and O–H groups in total. The zero-order chi connectivity index (χ0) is 44.4. The van der Waals surface area contributed by atoms with Crippen LogP contribution in [0, 0.1) is 0 Å². The van der Waals surface area contributed by atoms with Crippen LogP contribution in [0.1, 0.15) is 59.2 Å². The molecule has 4 atom stereocenters. The number of hydrogen-bond donors (Lipinski definition) is 8. The molecule has 5 aromatic rings. The normalized spacial score (nSPS) is 12.9. The standard InChI is InChI=1S/C46H52ClN9O6/c47-33-22-20-30(21-23-33)26-38(53-41(58)19-9-18-40(57)31-13-5-2-6-14-31)44(61)56-39(25-29-11-3-1-4-12-29)45(62)54-36(17-10-24-51-46(49)50)43(60)55-37(42(48)59)27-32-28-52-35-16-8-7-15-34(32)35/h1-8,11-16,20-23,28,36-39,52H,9-10,17-19,24-27H2,(H2,48,59)(H,53,58)(H,54,62)(H,55,60)(H,56,61)(H4,49,50,51)/t36-,37-,38-,39-/m0/s1. The number of Topliss-reactive ketones (excluding diaryl/α,β-unsaturated/α-hetero) is 1. The van der Waals surface area contributed by atoms with Gasteiger partial charge in [0.15, 0.2) is 11.7 Å². The van der Waals surface area contributed by atoms with E-state index >= 15 is 0 Å². The SMILES string of the molecule is NC(=O)[C@H](Cc1c[nH]c2ccccc12)NC(=O)[C@H](CCCN=C(N)N)NC(=O)[C@H](Cc1ccccc1)NC(=O)[C@H](Cc1ccc(Cl)cc1)NC(=O)CCCC(=O)c1ccccc1.